The van der Waals surface area contributed by atoms with E-state index in [4.69, 9.17) is 18.6 Å². The summed E-state index contributed by atoms with van der Waals surface area (Å²) < 4.78 is 20.9. The summed E-state index contributed by atoms with van der Waals surface area (Å²) in [5.74, 6) is -0.482. The van der Waals surface area contributed by atoms with Crippen LogP contribution in [0.3, 0.4) is 0 Å². The molecule has 0 aliphatic rings. The van der Waals surface area contributed by atoms with Gasteiger partial charge in [0.05, 0.1) is 37.4 Å². The molecule has 0 fully saturated rings. The third-order valence-corrected chi connectivity index (χ3v) is 4.58. The zero-order chi connectivity index (χ0) is 24.8. The number of nitro benzene ring substituents is 2. The Morgan fingerprint density at radius 3 is 2.21 bits per heavy atom. The normalized spacial score (nSPS) is 10.7. The van der Waals surface area contributed by atoms with Crippen LogP contribution in [0.25, 0.3) is 11.3 Å². The molecule has 0 saturated carbocycles. The van der Waals surface area contributed by atoms with E-state index < -0.39 is 21.4 Å². The van der Waals surface area contributed by atoms with Gasteiger partial charge in [0.15, 0.2) is 5.75 Å². The molecule has 176 valence electrons. The Balaban J connectivity index is 1.81. The van der Waals surface area contributed by atoms with E-state index in [0.717, 1.165) is 6.07 Å². The third-order valence-electron chi connectivity index (χ3n) is 4.58. The molecule has 1 aromatic heterocycles. The molecule has 13 nitrogen and oxygen atoms in total. The molecule has 0 spiro atoms. The van der Waals surface area contributed by atoms with Gasteiger partial charge >= 0.3 is 5.69 Å². The molecule has 0 aliphatic carbocycles. The van der Waals surface area contributed by atoms with Crippen LogP contribution >= 0.6 is 0 Å². The van der Waals surface area contributed by atoms with Crippen molar-refractivity contribution in [2.24, 2.45) is 5.10 Å². The van der Waals surface area contributed by atoms with Crippen LogP contribution in [0.2, 0.25) is 0 Å². The maximum absolute atomic E-state index is 12.6. The molecular formula is C21H18N4O9. The van der Waals surface area contributed by atoms with Gasteiger partial charge in [0.25, 0.3) is 11.6 Å². The lowest BCUT2D eigenvalue weighted by molar-refractivity contribution is -0.386. The number of nitro groups is 2. The summed E-state index contributed by atoms with van der Waals surface area (Å²) >= 11 is 0. The van der Waals surface area contributed by atoms with E-state index in [1.54, 1.807) is 12.1 Å². The van der Waals surface area contributed by atoms with E-state index in [1.807, 2.05) is 0 Å². The summed E-state index contributed by atoms with van der Waals surface area (Å²) in [6.45, 7) is 0. The highest BCUT2D eigenvalue weighted by Gasteiger charge is 2.32. The fourth-order valence-electron chi connectivity index (χ4n) is 3.03. The van der Waals surface area contributed by atoms with Gasteiger partial charge in [0.1, 0.15) is 17.1 Å². The number of hydrogen-bond donors (Lipinski definition) is 1. The van der Waals surface area contributed by atoms with Gasteiger partial charge in [-0.25, -0.2) is 5.43 Å². The number of ether oxygens (including phenoxy) is 3. The zero-order valence-corrected chi connectivity index (χ0v) is 18.1. The summed E-state index contributed by atoms with van der Waals surface area (Å²) in [6.07, 6.45) is 1.19. The van der Waals surface area contributed by atoms with Crippen LogP contribution < -0.4 is 19.6 Å². The number of amides is 1. The summed E-state index contributed by atoms with van der Waals surface area (Å²) in [5.41, 5.74) is 1.76. The minimum Gasteiger partial charge on any atom is -0.493 e. The second-order valence-electron chi connectivity index (χ2n) is 6.50. The highest BCUT2D eigenvalue weighted by Crippen LogP contribution is 2.46. The van der Waals surface area contributed by atoms with Crippen LogP contribution in [0.1, 0.15) is 16.1 Å². The van der Waals surface area contributed by atoms with Crippen molar-refractivity contribution in [1.29, 1.82) is 0 Å². The second kappa shape index (κ2) is 10.1. The lowest BCUT2D eigenvalue weighted by Gasteiger charge is -2.14. The van der Waals surface area contributed by atoms with Crippen molar-refractivity contribution in [1.82, 2.24) is 5.43 Å². The first-order chi connectivity index (χ1) is 16.3. The molecule has 0 saturated heterocycles. The molecule has 2 aromatic carbocycles. The average Bonchev–Trinajstić information content (AvgIpc) is 3.31. The molecule has 1 N–H and O–H groups in total. The summed E-state index contributed by atoms with van der Waals surface area (Å²) in [7, 11) is 3.79. The van der Waals surface area contributed by atoms with Crippen LogP contribution in [-0.2, 0) is 0 Å². The number of carbonyl (C=O) groups is 1. The Hall–Kier alpha value is -4.94. The monoisotopic (exact) mass is 470 g/mol. The number of rotatable bonds is 9. The number of benzene rings is 2. The van der Waals surface area contributed by atoms with Crippen molar-refractivity contribution in [3.8, 4) is 28.6 Å². The Labute approximate surface area is 191 Å². The van der Waals surface area contributed by atoms with Gasteiger partial charge < -0.3 is 18.6 Å². The Bertz CT molecular complexity index is 1270. The van der Waals surface area contributed by atoms with Crippen LogP contribution in [0.15, 0.2) is 52.0 Å². The van der Waals surface area contributed by atoms with Crippen LogP contribution in [0.4, 0.5) is 11.4 Å². The first kappa shape index (κ1) is 23.7. The number of hydrogen-bond acceptors (Lipinski definition) is 10. The summed E-state index contributed by atoms with van der Waals surface area (Å²) in [5, 5.41) is 26.2. The summed E-state index contributed by atoms with van der Waals surface area (Å²) in [6, 6.07) is 10.1. The highest BCUT2D eigenvalue weighted by atomic mass is 16.6. The van der Waals surface area contributed by atoms with Gasteiger partial charge in [-0.05, 0) is 24.3 Å². The van der Waals surface area contributed by atoms with Crippen LogP contribution in [0, 0.1) is 20.2 Å². The van der Waals surface area contributed by atoms with E-state index in [1.165, 1.54) is 51.8 Å². The predicted octanol–water partition coefficient (Wildman–Crippen LogP) is 3.55. The molecule has 3 rings (SSSR count). The molecule has 34 heavy (non-hydrogen) atoms. The number of nitrogens with zero attached hydrogens (tertiary/aromatic N) is 3. The van der Waals surface area contributed by atoms with Crippen LogP contribution in [-0.4, -0.2) is 43.3 Å². The van der Waals surface area contributed by atoms with E-state index in [-0.39, 0.29) is 34.3 Å². The molecule has 0 radical (unpaired) electrons. The predicted molar refractivity (Wildman–Crippen MR) is 119 cm³/mol. The van der Waals surface area contributed by atoms with E-state index in [2.05, 4.69) is 10.5 Å². The fourth-order valence-corrected chi connectivity index (χ4v) is 3.03. The van der Waals surface area contributed by atoms with E-state index in [9.17, 15) is 25.0 Å². The van der Waals surface area contributed by atoms with Gasteiger partial charge in [0, 0.05) is 23.8 Å². The van der Waals surface area contributed by atoms with Crippen molar-refractivity contribution >= 4 is 23.5 Å². The first-order valence-electron chi connectivity index (χ1n) is 9.46. The largest absolute Gasteiger partial charge is 0.493 e. The smallest absolute Gasteiger partial charge is 0.327 e. The molecule has 0 aliphatic heterocycles. The van der Waals surface area contributed by atoms with Crippen LogP contribution in [0.5, 0.6) is 17.2 Å². The number of methoxy groups -OCH3 is 3. The lowest BCUT2D eigenvalue weighted by Crippen LogP contribution is -2.19. The van der Waals surface area contributed by atoms with Gasteiger partial charge in [-0.1, -0.05) is 0 Å². The highest BCUT2D eigenvalue weighted by molar-refractivity contribution is 6.01. The van der Waals surface area contributed by atoms with Gasteiger partial charge in [0.2, 0.25) is 11.5 Å². The molecular weight excluding hydrogens is 452 g/mol. The van der Waals surface area contributed by atoms with Crippen molar-refractivity contribution in [2.45, 2.75) is 0 Å². The lowest BCUT2D eigenvalue weighted by atomic mass is 10.1. The molecule has 3 aromatic rings. The van der Waals surface area contributed by atoms with Gasteiger partial charge in [-0.2, -0.15) is 5.10 Å². The number of nitrogens with one attached hydrogen (secondary N) is 1. The standard InChI is InChI=1S/C21H18N4O9/c1-31-17-10-15(18(25(29)30)20(33-3)19(17)32-2)21(26)23-22-11-14-8-9-16(34-14)12-4-6-13(7-5-12)24(27)28/h4-11H,1-3H3,(H,23,26)/b22-11+. The Kier molecular flexibility index (Phi) is 7.06. The van der Waals surface area contributed by atoms with Gasteiger partial charge in [-0.15, -0.1) is 0 Å². The Morgan fingerprint density at radius 2 is 1.65 bits per heavy atom. The minimum absolute atomic E-state index is 0.0360. The zero-order valence-electron chi connectivity index (χ0n) is 18.1. The van der Waals surface area contributed by atoms with Gasteiger partial charge in [-0.3, -0.25) is 25.0 Å². The molecule has 1 heterocycles. The maximum atomic E-state index is 12.6. The maximum Gasteiger partial charge on any atom is 0.327 e. The fraction of sp³-hybridized carbons (Fsp3) is 0.143. The van der Waals surface area contributed by atoms with Crippen molar-refractivity contribution in [3.05, 3.63) is 74.0 Å². The summed E-state index contributed by atoms with van der Waals surface area (Å²) in [4.78, 5) is 33.7. The topological polar surface area (TPSA) is 169 Å². The van der Waals surface area contributed by atoms with E-state index in [0.29, 0.717) is 11.3 Å². The SMILES string of the molecule is COc1cc(C(=O)N/N=C/c2ccc(-c3ccc([N+](=O)[O-])cc3)o2)c([N+](=O)[O-])c(OC)c1OC. The van der Waals surface area contributed by atoms with Crippen molar-refractivity contribution in [2.75, 3.05) is 21.3 Å². The minimum atomic E-state index is -0.899. The first-order valence-corrected chi connectivity index (χ1v) is 9.46. The Morgan fingerprint density at radius 1 is 0.971 bits per heavy atom. The molecule has 1 amide bonds. The number of furan rings is 1. The van der Waals surface area contributed by atoms with Crippen molar-refractivity contribution in [3.63, 3.8) is 0 Å². The molecule has 0 atom stereocenters. The van der Waals surface area contributed by atoms with E-state index >= 15 is 0 Å². The molecule has 0 unspecified atom stereocenters. The number of non-ortho nitro benzene ring substituents is 1. The number of carbonyl (C=O) groups excluding carboxylic acids is 1. The van der Waals surface area contributed by atoms with Crippen molar-refractivity contribution < 1.29 is 33.3 Å². The molecule has 13 heteroatoms. The third kappa shape index (κ3) is 4.77. The quantitative estimate of drug-likeness (QED) is 0.279. The molecule has 0 bridgehead atoms. The second-order valence-corrected chi connectivity index (χ2v) is 6.50. The number of hydrazone groups is 1. The average molecular weight is 470 g/mol.